The monoisotopic (exact) mass is 262 g/mol. The Morgan fingerprint density at radius 3 is 2.42 bits per heavy atom. The lowest BCUT2D eigenvalue weighted by molar-refractivity contribution is -0.122. The zero-order valence-electron chi connectivity index (χ0n) is 12.3. The van der Waals surface area contributed by atoms with E-state index in [0.717, 1.165) is 18.4 Å². The second-order valence-corrected chi connectivity index (χ2v) is 5.42. The molecule has 0 saturated heterocycles. The molecule has 0 bridgehead atoms. The summed E-state index contributed by atoms with van der Waals surface area (Å²) < 4.78 is 0. The maximum absolute atomic E-state index is 11.9. The molecule has 0 fully saturated rings. The minimum absolute atomic E-state index is 0.0675. The van der Waals surface area contributed by atoms with Crippen LogP contribution < -0.4 is 11.1 Å². The third-order valence-corrected chi connectivity index (χ3v) is 3.48. The van der Waals surface area contributed by atoms with Gasteiger partial charge < -0.3 is 11.1 Å². The zero-order chi connectivity index (χ0) is 14.3. The van der Waals surface area contributed by atoms with Crippen LogP contribution in [0.3, 0.4) is 0 Å². The third kappa shape index (κ3) is 5.88. The predicted octanol–water partition coefficient (Wildman–Crippen LogP) is 2.94. The Labute approximate surface area is 116 Å². The Hall–Kier alpha value is -1.35. The molecule has 3 N–H and O–H groups in total. The summed E-state index contributed by atoms with van der Waals surface area (Å²) in [6, 6.07) is 8.34. The first kappa shape index (κ1) is 15.7. The van der Waals surface area contributed by atoms with E-state index in [1.807, 2.05) is 6.92 Å². The Morgan fingerprint density at radius 2 is 1.84 bits per heavy atom. The van der Waals surface area contributed by atoms with Crippen molar-refractivity contribution in [2.45, 2.75) is 46.1 Å². The highest BCUT2D eigenvalue weighted by molar-refractivity contribution is 5.76. The summed E-state index contributed by atoms with van der Waals surface area (Å²) >= 11 is 0. The molecule has 19 heavy (non-hydrogen) atoms. The van der Waals surface area contributed by atoms with Gasteiger partial charge in [0.15, 0.2) is 0 Å². The highest BCUT2D eigenvalue weighted by Crippen LogP contribution is 2.14. The average Bonchev–Trinajstić information content (AvgIpc) is 2.37. The molecule has 0 radical (unpaired) electrons. The second kappa shape index (κ2) is 7.95. The van der Waals surface area contributed by atoms with Gasteiger partial charge in [0.1, 0.15) is 0 Å². The standard InChI is InChI=1S/C16H26N2O/c1-12-4-7-15(8-5-12)14(3)18-16(19)9-6-13(2)10-11-17/h4-5,7-8,13-14H,6,9-11,17H2,1-3H3,(H,18,19). The van der Waals surface area contributed by atoms with Crippen molar-refractivity contribution in [2.24, 2.45) is 11.7 Å². The van der Waals surface area contributed by atoms with E-state index in [0.29, 0.717) is 18.9 Å². The van der Waals surface area contributed by atoms with Gasteiger partial charge >= 0.3 is 0 Å². The Morgan fingerprint density at radius 1 is 1.21 bits per heavy atom. The smallest absolute Gasteiger partial charge is 0.220 e. The Kier molecular flexibility index (Phi) is 6.57. The summed E-state index contributed by atoms with van der Waals surface area (Å²) in [4.78, 5) is 11.9. The summed E-state index contributed by atoms with van der Waals surface area (Å²) in [6.45, 7) is 6.92. The largest absolute Gasteiger partial charge is 0.350 e. The Bertz CT molecular complexity index is 386. The van der Waals surface area contributed by atoms with E-state index in [1.54, 1.807) is 0 Å². The minimum Gasteiger partial charge on any atom is -0.350 e. The van der Waals surface area contributed by atoms with Crippen LogP contribution in [0.25, 0.3) is 0 Å². The Balaban J connectivity index is 2.37. The number of carbonyl (C=O) groups excluding carboxylic acids is 1. The van der Waals surface area contributed by atoms with E-state index in [9.17, 15) is 4.79 Å². The van der Waals surface area contributed by atoms with E-state index < -0.39 is 0 Å². The zero-order valence-corrected chi connectivity index (χ0v) is 12.3. The van der Waals surface area contributed by atoms with Crippen molar-refractivity contribution >= 4 is 5.91 Å². The molecular weight excluding hydrogens is 236 g/mol. The van der Waals surface area contributed by atoms with Crippen molar-refractivity contribution in [1.29, 1.82) is 0 Å². The summed E-state index contributed by atoms with van der Waals surface area (Å²) in [5.41, 5.74) is 7.89. The van der Waals surface area contributed by atoms with Crippen LogP contribution in [0.15, 0.2) is 24.3 Å². The van der Waals surface area contributed by atoms with Crippen molar-refractivity contribution in [3.05, 3.63) is 35.4 Å². The van der Waals surface area contributed by atoms with E-state index in [4.69, 9.17) is 5.73 Å². The number of amides is 1. The van der Waals surface area contributed by atoms with Crippen LogP contribution in [0, 0.1) is 12.8 Å². The fourth-order valence-corrected chi connectivity index (χ4v) is 2.06. The molecule has 0 heterocycles. The molecule has 3 nitrogen and oxygen atoms in total. The van der Waals surface area contributed by atoms with E-state index in [2.05, 4.69) is 43.4 Å². The molecule has 0 aromatic heterocycles. The number of nitrogens with one attached hydrogen (secondary N) is 1. The highest BCUT2D eigenvalue weighted by atomic mass is 16.1. The van der Waals surface area contributed by atoms with Gasteiger partial charge in [0.25, 0.3) is 0 Å². The summed E-state index contributed by atoms with van der Waals surface area (Å²) in [6.07, 6.45) is 2.47. The molecule has 0 aliphatic carbocycles. The van der Waals surface area contributed by atoms with Gasteiger partial charge in [-0.15, -0.1) is 0 Å². The maximum Gasteiger partial charge on any atom is 0.220 e. The van der Waals surface area contributed by atoms with Crippen molar-refractivity contribution in [1.82, 2.24) is 5.32 Å². The van der Waals surface area contributed by atoms with Gasteiger partial charge in [-0.3, -0.25) is 4.79 Å². The molecule has 1 rings (SSSR count). The lowest BCUT2D eigenvalue weighted by Crippen LogP contribution is -2.26. The molecule has 0 aliphatic rings. The van der Waals surface area contributed by atoms with E-state index >= 15 is 0 Å². The van der Waals surface area contributed by atoms with Crippen LogP contribution in [0.2, 0.25) is 0 Å². The summed E-state index contributed by atoms with van der Waals surface area (Å²) in [7, 11) is 0. The van der Waals surface area contributed by atoms with Gasteiger partial charge in [0.05, 0.1) is 6.04 Å². The van der Waals surface area contributed by atoms with Gasteiger partial charge in [0, 0.05) is 6.42 Å². The molecular formula is C16H26N2O. The summed E-state index contributed by atoms with van der Waals surface area (Å²) in [5, 5.41) is 3.04. The van der Waals surface area contributed by atoms with Crippen LogP contribution in [0.4, 0.5) is 0 Å². The number of rotatable bonds is 7. The number of hydrogen-bond donors (Lipinski definition) is 2. The highest BCUT2D eigenvalue weighted by Gasteiger charge is 2.10. The molecule has 0 saturated carbocycles. The van der Waals surface area contributed by atoms with Crippen molar-refractivity contribution in [2.75, 3.05) is 6.54 Å². The molecule has 106 valence electrons. The third-order valence-electron chi connectivity index (χ3n) is 3.48. The topological polar surface area (TPSA) is 55.1 Å². The van der Waals surface area contributed by atoms with Crippen LogP contribution in [0.1, 0.15) is 50.3 Å². The van der Waals surface area contributed by atoms with Crippen LogP contribution in [0.5, 0.6) is 0 Å². The number of benzene rings is 1. The van der Waals surface area contributed by atoms with E-state index in [-0.39, 0.29) is 11.9 Å². The SMILES string of the molecule is Cc1ccc(C(C)NC(=O)CCC(C)CCN)cc1. The first-order valence-corrected chi connectivity index (χ1v) is 7.09. The molecule has 3 heteroatoms. The maximum atomic E-state index is 11.9. The summed E-state index contributed by atoms with van der Waals surface area (Å²) in [5.74, 6) is 0.641. The number of aryl methyl sites for hydroxylation is 1. The van der Waals surface area contributed by atoms with Crippen molar-refractivity contribution in [3.63, 3.8) is 0 Å². The van der Waals surface area contributed by atoms with Crippen LogP contribution in [-0.4, -0.2) is 12.5 Å². The second-order valence-electron chi connectivity index (χ2n) is 5.42. The van der Waals surface area contributed by atoms with Gasteiger partial charge in [-0.2, -0.15) is 0 Å². The van der Waals surface area contributed by atoms with E-state index in [1.165, 1.54) is 5.56 Å². The lowest BCUT2D eigenvalue weighted by atomic mass is 10.0. The fraction of sp³-hybridized carbons (Fsp3) is 0.562. The predicted molar refractivity (Wildman–Crippen MR) is 79.8 cm³/mol. The normalized spacial score (nSPS) is 13.9. The van der Waals surface area contributed by atoms with Crippen molar-refractivity contribution < 1.29 is 4.79 Å². The van der Waals surface area contributed by atoms with Crippen LogP contribution >= 0.6 is 0 Å². The van der Waals surface area contributed by atoms with Gasteiger partial charge in [0.2, 0.25) is 5.91 Å². The molecule has 0 aliphatic heterocycles. The molecule has 1 aromatic rings. The number of carbonyl (C=O) groups is 1. The number of hydrogen-bond acceptors (Lipinski definition) is 2. The van der Waals surface area contributed by atoms with Gasteiger partial charge in [-0.25, -0.2) is 0 Å². The average molecular weight is 262 g/mol. The first-order chi connectivity index (χ1) is 9.02. The van der Waals surface area contributed by atoms with Crippen molar-refractivity contribution in [3.8, 4) is 0 Å². The fourth-order valence-electron chi connectivity index (χ4n) is 2.06. The van der Waals surface area contributed by atoms with Gasteiger partial charge in [-0.1, -0.05) is 36.8 Å². The quantitative estimate of drug-likeness (QED) is 0.793. The first-order valence-electron chi connectivity index (χ1n) is 7.09. The van der Waals surface area contributed by atoms with Crippen LogP contribution in [-0.2, 0) is 4.79 Å². The molecule has 1 amide bonds. The molecule has 2 unspecified atom stereocenters. The molecule has 2 atom stereocenters. The number of nitrogens with two attached hydrogens (primary N) is 1. The molecule has 1 aromatic carbocycles. The van der Waals surface area contributed by atoms with Gasteiger partial charge in [-0.05, 0) is 44.7 Å². The minimum atomic E-state index is 0.0675. The molecule has 0 spiro atoms. The lowest BCUT2D eigenvalue weighted by Gasteiger charge is -2.15.